The van der Waals surface area contributed by atoms with E-state index in [0.717, 1.165) is 0 Å². The maximum atomic E-state index is 11.6. The number of aromatic nitrogens is 1. The van der Waals surface area contributed by atoms with Crippen LogP contribution in [0.4, 0.5) is 5.69 Å². The molecular weight excluding hydrogens is 244 g/mol. The summed E-state index contributed by atoms with van der Waals surface area (Å²) in [5.41, 5.74) is 0.502. The van der Waals surface area contributed by atoms with Gasteiger partial charge < -0.3 is 15.5 Å². The number of anilines is 1. The second kappa shape index (κ2) is 7.48. The summed E-state index contributed by atoms with van der Waals surface area (Å²) in [7, 11) is 1.96. The third-order valence-corrected chi connectivity index (χ3v) is 2.76. The van der Waals surface area contributed by atoms with Gasteiger partial charge in [-0.25, -0.2) is 0 Å². The van der Waals surface area contributed by atoms with Gasteiger partial charge in [0.1, 0.15) is 0 Å². The number of hydrogen-bond donors (Lipinski definition) is 2. The molecule has 0 fully saturated rings. The van der Waals surface area contributed by atoms with Crippen molar-refractivity contribution in [3.63, 3.8) is 0 Å². The molecule has 1 heterocycles. The first-order valence-electron chi connectivity index (χ1n) is 6.20. The van der Waals surface area contributed by atoms with E-state index in [-0.39, 0.29) is 0 Å². The van der Waals surface area contributed by atoms with E-state index in [1.54, 1.807) is 18.3 Å². The zero-order chi connectivity index (χ0) is 14.3. The van der Waals surface area contributed by atoms with E-state index in [1.165, 1.54) is 6.20 Å². The van der Waals surface area contributed by atoms with Crippen molar-refractivity contribution in [1.82, 2.24) is 15.2 Å². The van der Waals surface area contributed by atoms with Gasteiger partial charge in [0, 0.05) is 25.3 Å². The number of nitrogens with zero attached hydrogens (tertiary/aromatic N) is 2. The summed E-state index contributed by atoms with van der Waals surface area (Å²) in [6.07, 6.45) is 3.08. The van der Waals surface area contributed by atoms with Crippen LogP contribution in [0.2, 0.25) is 0 Å². The van der Waals surface area contributed by atoms with Gasteiger partial charge in [-0.15, -0.1) is 0 Å². The summed E-state index contributed by atoms with van der Waals surface area (Å²) < 4.78 is 0. The van der Waals surface area contributed by atoms with E-state index in [4.69, 9.17) is 0 Å². The molecular formula is C13H20N4O2. The molecule has 0 bridgehead atoms. The second-order valence-electron chi connectivity index (χ2n) is 4.53. The van der Waals surface area contributed by atoms with E-state index >= 15 is 0 Å². The van der Waals surface area contributed by atoms with Gasteiger partial charge in [-0.2, -0.15) is 0 Å². The molecule has 0 saturated heterocycles. The molecule has 2 N–H and O–H groups in total. The average Bonchev–Trinajstić information content (AvgIpc) is 2.39. The van der Waals surface area contributed by atoms with Gasteiger partial charge in [0.2, 0.25) is 0 Å². The first-order valence-corrected chi connectivity index (χ1v) is 6.20. The Labute approximate surface area is 113 Å². The molecule has 1 aromatic heterocycles. The average molecular weight is 264 g/mol. The van der Waals surface area contributed by atoms with Gasteiger partial charge in [-0.05, 0) is 33.0 Å². The van der Waals surface area contributed by atoms with Crippen LogP contribution in [0, 0.1) is 0 Å². The molecule has 0 saturated carbocycles. The first kappa shape index (κ1) is 15.1. The first-order chi connectivity index (χ1) is 9.00. The van der Waals surface area contributed by atoms with Crippen molar-refractivity contribution in [3.8, 4) is 0 Å². The number of rotatable bonds is 5. The van der Waals surface area contributed by atoms with Gasteiger partial charge in [0.05, 0.1) is 11.9 Å². The molecule has 104 valence electrons. The highest BCUT2D eigenvalue weighted by molar-refractivity contribution is 6.39. The molecule has 0 unspecified atom stereocenters. The number of pyridine rings is 1. The molecule has 6 heteroatoms. The van der Waals surface area contributed by atoms with Gasteiger partial charge >= 0.3 is 11.8 Å². The van der Waals surface area contributed by atoms with Crippen LogP contribution in [0.5, 0.6) is 0 Å². The number of amides is 2. The zero-order valence-electron chi connectivity index (χ0n) is 11.5. The quantitative estimate of drug-likeness (QED) is 0.758. The summed E-state index contributed by atoms with van der Waals surface area (Å²) in [4.78, 5) is 29.0. The van der Waals surface area contributed by atoms with Crippen LogP contribution in [0.3, 0.4) is 0 Å². The maximum absolute atomic E-state index is 11.6. The number of likely N-dealkylation sites (N-methyl/N-ethyl adjacent to an activating group) is 1. The van der Waals surface area contributed by atoms with Crippen LogP contribution in [-0.2, 0) is 9.59 Å². The van der Waals surface area contributed by atoms with Crippen LogP contribution in [-0.4, -0.2) is 47.9 Å². The Kier molecular flexibility index (Phi) is 5.95. The second-order valence-corrected chi connectivity index (χ2v) is 4.53. The van der Waals surface area contributed by atoms with E-state index in [0.29, 0.717) is 24.8 Å². The predicted octanol–water partition coefficient (Wildman–Crippen LogP) is 0.477. The zero-order valence-corrected chi connectivity index (χ0v) is 11.5. The van der Waals surface area contributed by atoms with E-state index in [2.05, 4.69) is 34.4 Å². The van der Waals surface area contributed by atoms with E-state index in [9.17, 15) is 9.59 Å². The minimum absolute atomic E-state index is 0.404. The van der Waals surface area contributed by atoms with Crippen molar-refractivity contribution in [2.45, 2.75) is 19.9 Å². The Morgan fingerprint density at radius 3 is 2.68 bits per heavy atom. The largest absolute Gasteiger partial charge is 0.347 e. The van der Waals surface area contributed by atoms with Crippen molar-refractivity contribution >= 4 is 17.5 Å². The molecule has 0 radical (unpaired) electrons. The smallest absolute Gasteiger partial charge is 0.313 e. The van der Waals surface area contributed by atoms with Crippen LogP contribution >= 0.6 is 0 Å². The molecule has 0 aliphatic heterocycles. The fourth-order valence-electron chi connectivity index (χ4n) is 1.31. The number of carbonyl (C=O) groups is 2. The van der Waals surface area contributed by atoms with Crippen molar-refractivity contribution < 1.29 is 9.59 Å². The molecule has 6 nitrogen and oxygen atoms in total. The van der Waals surface area contributed by atoms with Crippen LogP contribution in [0.15, 0.2) is 24.5 Å². The highest BCUT2D eigenvalue weighted by Crippen LogP contribution is 2.01. The van der Waals surface area contributed by atoms with Crippen molar-refractivity contribution in [1.29, 1.82) is 0 Å². The highest BCUT2D eigenvalue weighted by atomic mass is 16.2. The molecule has 1 rings (SSSR count). The number of carbonyl (C=O) groups excluding carboxylic acids is 2. The minimum Gasteiger partial charge on any atom is -0.347 e. The topological polar surface area (TPSA) is 74.3 Å². The Morgan fingerprint density at radius 2 is 2.11 bits per heavy atom. The highest BCUT2D eigenvalue weighted by Gasteiger charge is 2.13. The van der Waals surface area contributed by atoms with Gasteiger partial charge in [-0.3, -0.25) is 14.6 Å². The third-order valence-electron chi connectivity index (χ3n) is 2.76. The maximum Gasteiger partial charge on any atom is 0.313 e. The lowest BCUT2D eigenvalue weighted by atomic mass is 10.3. The van der Waals surface area contributed by atoms with Crippen LogP contribution in [0.1, 0.15) is 13.8 Å². The normalized spacial score (nSPS) is 10.6. The fourth-order valence-corrected chi connectivity index (χ4v) is 1.31. The lowest BCUT2D eigenvalue weighted by molar-refractivity contribution is -0.136. The minimum atomic E-state index is -0.680. The van der Waals surface area contributed by atoms with Crippen molar-refractivity contribution in [2.75, 3.05) is 25.5 Å². The molecule has 0 spiro atoms. The Hall–Kier alpha value is -1.95. The van der Waals surface area contributed by atoms with Crippen molar-refractivity contribution in [3.05, 3.63) is 24.5 Å². The van der Waals surface area contributed by atoms with Gasteiger partial charge in [-0.1, -0.05) is 0 Å². The Morgan fingerprint density at radius 1 is 1.37 bits per heavy atom. The lowest BCUT2D eigenvalue weighted by Crippen LogP contribution is -2.40. The molecule has 19 heavy (non-hydrogen) atoms. The molecule has 0 atom stereocenters. The molecule has 2 amide bonds. The summed E-state index contributed by atoms with van der Waals surface area (Å²) in [5, 5.41) is 5.05. The molecule has 0 aliphatic carbocycles. The summed E-state index contributed by atoms with van der Waals surface area (Å²) in [6.45, 7) is 5.27. The Balaban J connectivity index is 2.32. The van der Waals surface area contributed by atoms with Crippen LogP contribution < -0.4 is 10.6 Å². The summed E-state index contributed by atoms with van der Waals surface area (Å²) >= 11 is 0. The molecule has 1 aromatic rings. The predicted molar refractivity (Wildman–Crippen MR) is 73.6 cm³/mol. The number of hydrogen-bond acceptors (Lipinski definition) is 4. The van der Waals surface area contributed by atoms with Crippen molar-refractivity contribution in [2.24, 2.45) is 0 Å². The van der Waals surface area contributed by atoms with Crippen LogP contribution in [0.25, 0.3) is 0 Å². The molecule has 0 aromatic carbocycles. The fraction of sp³-hybridized carbons (Fsp3) is 0.462. The van der Waals surface area contributed by atoms with Gasteiger partial charge in [0.25, 0.3) is 0 Å². The van der Waals surface area contributed by atoms with E-state index < -0.39 is 11.8 Å². The monoisotopic (exact) mass is 264 g/mol. The lowest BCUT2D eigenvalue weighted by Gasteiger charge is -2.20. The molecule has 0 aliphatic rings. The Bertz CT molecular complexity index is 420. The third kappa shape index (κ3) is 5.48. The van der Waals surface area contributed by atoms with E-state index in [1.807, 2.05) is 7.05 Å². The number of nitrogens with one attached hydrogen (secondary N) is 2. The summed E-state index contributed by atoms with van der Waals surface area (Å²) in [5.74, 6) is -1.32. The SMILES string of the molecule is CC(C)N(C)CCNC(=O)C(=O)Nc1cccnc1. The van der Waals surface area contributed by atoms with Gasteiger partial charge in [0.15, 0.2) is 0 Å². The standard InChI is InChI=1S/C13H20N4O2/c1-10(2)17(3)8-7-15-12(18)13(19)16-11-5-4-6-14-9-11/h4-6,9-10H,7-8H2,1-3H3,(H,15,18)(H,16,19). The summed E-state index contributed by atoms with van der Waals surface area (Å²) in [6, 6.07) is 3.76.